The van der Waals surface area contributed by atoms with Crippen LogP contribution in [0.1, 0.15) is 5.56 Å². The summed E-state index contributed by atoms with van der Waals surface area (Å²) in [7, 11) is -8.98. The maximum atomic E-state index is 13.5. The number of anilines is 1. The van der Waals surface area contributed by atoms with Gasteiger partial charge in [0.05, 0.1) is 10.6 Å². The van der Waals surface area contributed by atoms with Crippen LogP contribution in [0.2, 0.25) is 0 Å². The van der Waals surface area contributed by atoms with Gasteiger partial charge < -0.3 is 5.73 Å². The number of primary sulfonamides is 2. The summed E-state index contributed by atoms with van der Waals surface area (Å²) in [5, 5.41) is 7.76. The highest BCUT2D eigenvalue weighted by Crippen LogP contribution is 2.33. The van der Waals surface area contributed by atoms with E-state index in [4.69, 9.17) is 27.6 Å². The summed E-state index contributed by atoms with van der Waals surface area (Å²) in [4.78, 5) is -1.82. The molecule has 12 heteroatoms. The van der Waals surface area contributed by atoms with Gasteiger partial charge in [0.1, 0.15) is 4.90 Å². The Kier molecular flexibility index (Phi) is 4.41. The van der Waals surface area contributed by atoms with Crippen molar-refractivity contribution in [1.29, 1.82) is 0 Å². The van der Waals surface area contributed by atoms with Gasteiger partial charge in [-0.1, -0.05) is 0 Å². The predicted molar refractivity (Wildman–Crippen MR) is 68.6 cm³/mol. The molecule has 0 saturated heterocycles. The van der Waals surface area contributed by atoms with Crippen LogP contribution in [-0.2, 0) is 20.0 Å². The van der Waals surface area contributed by atoms with Crippen LogP contribution in [0, 0.1) is 0 Å². The fourth-order valence-electron chi connectivity index (χ4n) is 1.33. The first-order chi connectivity index (χ1) is 8.85. The van der Waals surface area contributed by atoms with Gasteiger partial charge in [-0.2, -0.15) is 4.39 Å². The molecule has 0 fully saturated rings. The number of halogens is 3. The Balaban J connectivity index is 3.91. The average Bonchev–Trinajstić information content (AvgIpc) is 2.23. The van der Waals surface area contributed by atoms with Gasteiger partial charge in [-0.15, -0.1) is 0 Å². The second-order valence-corrected chi connectivity index (χ2v) is 6.94. The third-order valence-corrected chi connectivity index (χ3v) is 4.21. The number of hydrogen-bond donors (Lipinski definition) is 3. The first-order valence-corrected chi connectivity index (χ1v) is 8.03. The fourth-order valence-corrected chi connectivity index (χ4v) is 2.92. The first-order valence-electron chi connectivity index (χ1n) is 4.56. The van der Waals surface area contributed by atoms with Gasteiger partial charge in [-0.25, -0.2) is 31.5 Å². The molecule has 1 rings (SSSR count). The highest BCUT2D eigenvalue weighted by Gasteiger charge is 2.25. The van der Waals surface area contributed by atoms with E-state index in [1.165, 1.54) is 0 Å². The molecule has 0 heterocycles. The van der Waals surface area contributed by atoms with Gasteiger partial charge in [-0.3, -0.25) is 0 Å². The lowest BCUT2D eigenvalue weighted by Gasteiger charge is -2.10. The smallest absolute Gasteiger partial charge is 0.240 e. The van der Waals surface area contributed by atoms with Crippen LogP contribution in [0.5, 0.6) is 0 Å². The van der Waals surface area contributed by atoms with Crippen molar-refractivity contribution in [3.05, 3.63) is 23.0 Å². The van der Waals surface area contributed by atoms with Gasteiger partial charge in [0.15, 0.2) is 5.83 Å². The molecule has 0 bridgehead atoms. The van der Waals surface area contributed by atoms with E-state index in [-0.39, 0.29) is 0 Å². The average molecular weight is 348 g/mol. The Labute approximate surface area is 118 Å². The predicted octanol–water partition coefficient (Wildman–Crippen LogP) is 0.368. The minimum absolute atomic E-state index is 0.425. The fraction of sp³-hybridized carbons (Fsp3) is 0. The van der Waals surface area contributed by atoms with E-state index in [0.717, 1.165) is 0 Å². The summed E-state index contributed by atoms with van der Waals surface area (Å²) in [5.74, 6) is -1.76. The molecule has 20 heavy (non-hydrogen) atoms. The Bertz CT molecular complexity index is 801. The monoisotopic (exact) mass is 347 g/mol. The zero-order chi connectivity index (χ0) is 15.9. The van der Waals surface area contributed by atoms with E-state index in [0.29, 0.717) is 12.1 Å². The molecule has 6 N–H and O–H groups in total. The zero-order valence-electron chi connectivity index (χ0n) is 9.47. The van der Waals surface area contributed by atoms with Gasteiger partial charge in [-0.05, 0) is 23.7 Å². The Morgan fingerprint density at radius 3 is 1.80 bits per heavy atom. The molecule has 7 nitrogen and oxygen atoms in total. The highest BCUT2D eigenvalue weighted by molar-refractivity contribution is 7.90. The van der Waals surface area contributed by atoms with Crippen LogP contribution in [0.15, 0.2) is 27.2 Å². The van der Waals surface area contributed by atoms with E-state index in [1.807, 2.05) is 0 Å². The molecule has 112 valence electrons. The van der Waals surface area contributed by atoms with Crippen LogP contribution < -0.4 is 16.0 Å². The maximum absolute atomic E-state index is 13.5. The molecule has 0 saturated carbocycles. The summed E-state index contributed by atoms with van der Waals surface area (Å²) in [6, 6.07) is 0.978. The molecule has 1 aromatic carbocycles. The van der Waals surface area contributed by atoms with Gasteiger partial charge in [0.2, 0.25) is 25.3 Å². The van der Waals surface area contributed by atoms with Crippen molar-refractivity contribution in [2.45, 2.75) is 9.79 Å². The molecule has 0 aliphatic carbocycles. The lowest BCUT2D eigenvalue weighted by atomic mass is 10.2. The quantitative estimate of drug-likeness (QED) is 0.676. The summed E-state index contributed by atoms with van der Waals surface area (Å²) >= 11 is 4.79. The summed E-state index contributed by atoms with van der Waals surface area (Å²) in [6.45, 7) is 0. The number of sulfonamides is 2. The van der Waals surface area contributed by atoms with Gasteiger partial charge >= 0.3 is 0 Å². The lowest BCUT2D eigenvalue weighted by molar-refractivity contribution is 0.594. The summed E-state index contributed by atoms with van der Waals surface area (Å²) < 4.78 is 71.2. The normalized spacial score (nSPS) is 14.1. The Hall–Kier alpha value is -1.27. The minimum atomic E-state index is -4.59. The van der Waals surface area contributed by atoms with Crippen molar-refractivity contribution < 1.29 is 25.6 Å². The summed E-state index contributed by atoms with van der Waals surface area (Å²) in [6.07, 6.45) is 0. The number of hydrogen-bond acceptors (Lipinski definition) is 5. The number of nitrogens with two attached hydrogens (primary N) is 3. The van der Waals surface area contributed by atoms with Crippen molar-refractivity contribution in [3.63, 3.8) is 0 Å². The SMILES string of the molecule is Nc1cc(/C(F)=C(\F)Cl)c(S(N)(=O)=O)cc1S(N)(=O)=O. The number of rotatable bonds is 3. The molecular weight excluding hydrogens is 340 g/mol. The molecule has 0 aromatic heterocycles. The highest BCUT2D eigenvalue weighted by atomic mass is 35.5. The number of benzene rings is 1. The summed E-state index contributed by atoms with van der Waals surface area (Å²) in [5.41, 5.74) is 3.80. The number of nitrogen functional groups attached to an aromatic ring is 1. The Morgan fingerprint density at radius 1 is 1.00 bits per heavy atom. The zero-order valence-corrected chi connectivity index (χ0v) is 11.9. The van der Waals surface area contributed by atoms with Crippen molar-refractivity contribution in [3.8, 4) is 0 Å². The van der Waals surface area contributed by atoms with Crippen molar-refractivity contribution in [2.24, 2.45) is 10.3 Å². The van der Waals surface area contributed by atoms with Crippen LogP contribution in [0.3, 0.4) is 0 Å². The molecule has 1 aromatic rings. The van der Waals surface area contributed by atoms with Crippen LogP contribution in [0.25, 0.3) is 5.83 Å². The molecule has 0 unspecified atom stereocenters. The van der Waals surface area contributed by atoms with Crippen LogP contribution in [-0.4, -0.2) is 16.8 Å². The van der Waals surface area contributed by atoms with Crippen LogP contribution in [0.4, 0.5) is 14.5 Å². The van der Waals surface area contributed by atoms with Crippen LogP contribution >= 0.6 is 11.6 Å². The van der Waals surface area contributed by atoms with E-state index >= 15 is 0 Å². The van der Waals surface area contributed by atoms with E-state index < -0.39 is 52.2 Å². The molecule has 0 radical (unpaired) electrons. The molecule has 0 spiro atoms. The lowest BCUT2D eigenvalue weighted by Crippen LogP contribution is -2.19. The maximum Gasteiger partial charge on any atom is 0.240 e. The molecule has 0 atom stereocenters. The standard InChI is InChI=1S/C8H8ClF2N3O4S2/c9-8(11)7(10)3-1-4(12)6(20(14,17)18)2-5(3)19(13,15)16/h1-2H,12H2,(H2,13,15,16)(H2,14,17,18)/b8-7+. The van der Waals surface area contributed by atoms with Crippen molar-refractivity contribution >= 4 is 43.2 Å². The molecule has 0 aliphatic heterocycles. The third-order valence-electron chi connectivity index (χ3n) is 2.13. The third kappa shape index (κ3) is 3.43. The van der Waals surface area contributed by atoms with Gasteiger partial charge in [0.25, 0.3) is 0 Å². The minimum Gasteiger partial charge on any atom is -0.398 e. The van der Waals surface area contributed by atoms with E-state index in [2.05, 4.69) is 0 Å². The van der Waals surface area contributed by atoms with Crippen molar-refractivity contribution in [1.82, 2.24) is 0 Å². The molecule has 0 amide bonds. The van der Waals surface area contributed by atoms with E-state index in [1.54, 1.807) is 0 Å². The first kappa shape index (κ1) is 16.8. The molecular formula is C8H8ClF2N3O4S2. The van der Waals surface area contributed by atoms with Gasteiger partial charge in [0, 0.05) is 5.56 Å². The van der Waals surface area contributed by atoms with E-state index in [9.17, 15) is 25.6 Å². The Morgan fingerprint density at radius 2 is 1.45 bits per heavy atom. The second-order valence-electron chi connectivity index (χ2n) is 3.55. The van der Waals surface area contributed by atoms with Crippen molar-refractivity contribution in [2.75, 3.05) is 5.73 Å². The second kappa shape index (κ2) is 5.26. The largest absolute Gasteiger partial charge is 0.398 e. The molecule has 0 aliphatic rings. The topological polar surface area (TPSA) is 146 Å².